The Morgan fingerprint density at radius 3 is 2.40 bits per heavy atom. The molecule has 116 valence electrons. The molecule has 0 aromatic rings. The first-order valence-corrected chi connectivity index (χ1v) is 7.66. The molecule has 0 radical (unpaired) electrons. The number of carboxylic acid groups (broad SMARTS) is 1. The smallest absolute Gasteiger partial charge is 0.317 e. The molecule has 1 aliphatic carbocycles. The Morgan fingerprint density at radius 2 is 1.90 bits per heavy atom. The summed E-state index contributed by atoms with van der Waals surface area (Å²) in [7, 11) is 0. The Kier molecular flexibility index (Phi) is 6.82. The first kappa shape index (κ1) is 16.8. The number of hydrogen-bond acceptors (Lipinski definition) is 2. The van der Waals surface area contributed by atoms with Crippen LogP contribution in [0, 0.1) is 11.8 Å². The van der Waals surface area contributed by atoms with Gasteiger partial charge >= 0.3 is 12.0 Å². The molecule has 0 spiro atoms. The lowest BCUT2D eigenvalue weighted by Gasteiger charge is -2.24. The highest BCUT2D eigenvalue weighted by molar-refractivity contribution is 5.74. The molecule has 1 rings (SSSR count). The quantitative estimate of drug-likeness (QED) is 0.684. The molecule has 1 unspecified atom stereocenters. The van der Waals surface area contributed by atoms with Crippen molar-refractivity contribution >= 4 is 12.0 Å². The zero-order valence-electron chi connectivity index (χ0n) is 12.9. The van der Waals surface area contributed by atoms with Gasteiger partial charge in [-0.2, -0.15) is 0 Å². The molecule has 0 aromatic carbocycles. The van der Waals surface area contributed by atoms with Gasteiger partial charge in [-0.1, -0.05) is 20.8 Å². The fourth-order valence-corrected chi connectivity index (χ4v) is 2.07. The van der Waals surface area contributed by atoms with Crippen LogP contribution in [0.4, 0.5) is 4.79 Å². The third-order valence-corrected chi connectivity index (χ3v) is 3.65. The fraction of sp³-hybridized carbons (Fsp3) is 0.867. The van der Waals surface area contributed by atoms with Crippen LogP contribution < -0.4 is 5.32 Å². The van der Waals surface area contributed by atoms with E-state index < -0.39 is 5.97 Å². The summed E-state index contributed by atoms with van der Waals surface area (Å²) in [6, 6.07) is 0.429. The van der Waals surface area contributed by atoms with Crippen molar-refractivity contribution in [3.63, 3.8) is 0 Å². The highest BCUT2D eigenvalue weighted by Crippen LogP contribution is 2.27. The van der Waals surface area contributed by atoms with Gasteiger partial charge in [0.15, 0.2) is 0 Å². The van der Waals surface area contributed by atoms with Crippen LogP contribution in [-0.2, 0) is 4.79 Å². The van der Waals surface area contributed by atoms with E-state index in [1.807, 2.05) is 11.8 Å². The van der Waals surface area contributed by atoms with Crippen molar-refractivity contribution in [1.82, 2.24) is 10.2 Å². The van der Waals surface area contributed by atoms with Gasteiger partial charge in [0, 0.05) is 25.6 Å². The second-order valence-corrected chi connectivity index (χ2v) is 6.33. The van der Waals surface area contributed by atoms with Gasteiger partial charge in [-0.25, -0.2) is 4.79 Å². The standard InChI is InChI=1S/C15H28N2O3/c1-11(2)8-9-17(13-5-6-13)15(20)16-10-12(3)4-7-14(18)19/h11-13H,4-10H2,1-3H3,(H,16,20)(H,18,19). The summed E-state index contributed by atoms with van der Waals surface area (Å²) in [5.74, 6) is 0.0134. The van der Waals surface area contributed by atoms with Crippen LogP contribution in [0.15, 0.2) is 0 Å². The number of carboxylic acids is 1. The van der Waals surface area contributed by atoms with Crippen molar-refractivity contribution in [2.75, 3.05) is 13.1 Å². The van der Waals surface area contributed by atoms with Crippen molar-refractivity contribution in [2.45, 2.75) is 58.9 Å². The molecule has 5 nitrogen and oxygen atoms in total. The van der Waals surface area contributed by atoms with Crippen molar-refractivity contribution in [1.29, 1.82) is 0 Å². The fourth-order valence-electron chi connectivity index (χ4n) is 2.07. The minimum atomic E-state index is -0.778. The molecular weight excluding hydrogens is 256 g/mol. The zero-order chi connectivity index (χ0) is 15.1. The maximum atomic E-state index is 12.2. The average molecular weight is 284 g/mol. The molecule has 0 aliphatic heterocycles. The van der Waals surface area contributed by atoms with E-state index in [4.69, 9.17) is 5.11 Å². The number of nitrogens with one attached hydrogen (secondary N) is 1. The van der Waals surface area contributed by atoms with Crippen LogP contribution in [0.5, 0.6) is 0 Å². The molecule has 2 N–H and O–H groups in total. The van der Waals surface area contributed by atoms with E-state index in [1.165, 1.54) is 0 Å². The van der Waals surface area contributed by atoms with Crippen molar-refractivity contribution in [3.8, 4) is 0 Å². The summed E-state index contributed by atoms with van der Waals surface area (Å²) in [5.41, 5.74) is 0. The summed E-state index contributed by atoms with van der Waals surface area (Å²) in [5, 5.41) is 11.6. The maximum absolute atomic E-state index is 12.2. The second-order valence-electron chi connectivity index (χ2n) is 6.33. The Balaban J connectivity index is 2.29. The molecule has 20 heavy (non-hydrogen) atoms. The van der Waals surface area contributed by atoms with Crippen LogP contribution in [0.2, 0.25) is 0 Å². The van der Waals surface area contributed by atoms with E-state index in [0.29, 0.717) is 24.9 Å². The normalized spacial score (nSPS) is 16.0. The van der Waals surface area contributed by atoms with Gasteiger partial charge in [0.05, 0.1) is 0 Å². The van der Waals surface area contributed by atoms with Crippen LogP contribution in [0.1, 0.15) is 52.9 Å². The Labute approximate surface area is 121 Å². The number of amides is 2. The topological polar surface area (TPSA) is 69.6 Å². The molecule has 0 heterocycles. The van der Waals surface area contributed by atoms with Crippen molar-refractivity contribution in [3.05, 3.63) is 0 Å². The van der Waals surface area contributed by atoms with E-state index in [2.05, 4.69) is 19.2 Å². The summed E-state index contributed by atoms with van der Waals surface area (Å²) in [6.07, 6.45) is 4.01. The van der Waals surface area contributed by atoms with Gasteiger partial charge in [-0.3, -0.25) is 4.79 Å². The second kappa shape index (κ2) is 8.12. The SMILES string of the molecule is CC(C)CCN(C(=O)NCC(C)CCC(=O)O)C1CC1. The number of carbonyl (C=O) groups excluding carboxylic acids is 1. The van der Waals surface area contributed by atoms with E-state index in [1.54, 1.807) is 0 Å². The summed E-state index contributed by atoms with van der Waals surface area (Å²) >= 11 is 0. The lowest BCUT2D eigenvalue weighted by molar-refractivity contribution is -0.137. The largest absolute Gasteiger partial charge is 0.481 e. The minimum absolute atomic E-state index is 0.00956. The van der Waals surface area contributed by atoms with Gasteiger partial charge < -0.3 is 15.3 Å². The predicted octanol–water partition coefficient (Wildman–Crippen LogP) is 2.71. The van der Waals surface area contributed by atoms with Gasteiger partial charge in [-0.05, 0) is 37.5 Å². The average Bonchev–Trinajstić information content (AvgIpc) is 3.18. The number of rotatable bonds is 9. The summed E-state index contributed by atoms with van der Waals surface area (Å²) in [4.78, 5) is 24.6. The van der Waals surface area contributed by atoms with Gasteiger partial charge in [0.1, 0.15) is 0 Å². The predicted molar refractivity (Wildman–Crippen MR) is 78.6 cm³/mol. The lowest BCUT2D eigenvalue weighted by atomic mass is 10.1. The van der Waals surface area contributed by atoms with Gasteiger partial charge in [0.25, 0.3) is 0 Å². The van der Waals surface area contributed by atoms with Crippen LogP contribution in [-0.4, -0.2) is 41.1 Å². The van der Waals surface area contributed by atoms with Gasteiger partial charge in [-0.15, -0.1) is 0 Å². The molecule has 0 saturated heterocycles. The molecule has 1 fully saturated rings. The van der Waals surface area contributed by atoms with Crippen molar-refractivity contribution < 1.29 is 14.7 Å². The maximum Gasteiger partial charge on any atom is 0.317 e. The molecule has 0 bridgehead atoms. The zero-order valence-corrected chi connectivity index (χ0v) is 12.9. The Morgan fingerprint density at radius 1 is 1.25 bits per heavy atom. The number of urea groups is 1. The lowest BCUT2D eigenvalue weighted by Crippen LogP contribution is -2.43. The number of aliphatic carboxylic acids is 1. The van der Waals surface area contributed by atoms with E-state index >= 15 is 0 Å². The highest BCUT2D eigenvalue weighted by Gasteiger charge is 2.32. The third kappa shape index (κ3) is 6.78. The van der Waals surface area contributed by atoms with Crippen LogP contribution >= 0.6 is 0 Å². The van der Waals surface area contributed by atoms with E-state index in [0.717, 1.165) is 25.8 Å². The van der Waals surface area contributed by atoms with Gasteiger partial charge in [0.2, 0.25) is 0 Å². The molecule has 1 atom stereocenters. The highest BCUT2D eigenvalue weighted by atomic mass is 16.4. The monoisotopic (exact) mass is 284 g/mol. The molecule has 5 heteroatoms. The third-order valence-electron chi connectivity index (χ3n) is 3.65. The molecular formula is C15H28N2O3. The van der Waals surface area contributed by atoms with Crippen LogP contribution in [0.25, 0.3) is 0 Å². The first-order valence-electron chi connectivity index (χ1n) is 7.66. The number of carbonyl (C=O) groups is 2. The number of nitrogens with zero attached hydrogens (tertiary/aromatic N) is 1. The minimum Gasteiger partial charge on any atom is -0.481 e. The summed E-state index contributed by atoms with van der Waals surface area (Å²) < 4.78 is 0. The molecule has 1 saturated carbocycles. The van der Waals surface area contributed by atoms with Crippen molar-refractivity contribution in [2.24, 2.45) is 11.8 Å². The molecule has 0 aromatic heterocycles. The van der Waals surface area contributed by atoms with Crippen LogP contribution in [0.3, 0.4) is 0 Å². The molecule has 1 aliphatic rings. The van der Waals surface area contributed by atoms with E-state index in [-0.39, 0.29) is 18.4 Å². The molecule has 2 amide bonds. The Bertz CT molecular complexity index is 327. The summed E-state index contributed by atoms with van der Waals surface area (Å²) in [6.45, 7) is 7.67. The first-order chi connectivity index (χ1) is 9.40. The van der Waals surface area contributed by atoms with E-state index in [9.17, 15) is 9.59 Å². The number of hydrogen-bond donors (Lipinski definition) is 2. The Hall–Kier alpha value is -1.26.